The number of non-ortho nitro benzene ring substituents is 1. The lowest BCUT2D eigenvalue weighted by Gasteiger charge is -2.11. The Morgan fingerprint density at radius 2 is 2.10 bits per heavy atom. The summed E-state index contributed by atoms with van der Waals surface area (Å²) in [5, 5.41) is 22.6. The maximum absolute atomic E-state index is 11.5. The fraction of sp³-hybridized carbons (Fsp3) is 0.462. The molecule has 1 saturated carbocycles. The maximum Gasteiger partial charge on any atom is 0.269 e. The summed E-state index contributed by atoms with van der Waals surface area (Å²) in [6, 6.07) is 5.49. The van der Waals surface area contributed by atoms with E-state index in [2.05, 4.69) is 5.32 Å². The third-order valence-electron chi connectivity index (χ3n) is 3.09. The number of ether oxygens (including phenoxy) is 1. The van der Waals surface area contributed by atoms with E-state index in [4.69, 9.17) is 4.74 Å². The minimum absolute atomic E-state index is 0.0330. The van der Waals surface area contributed by atoms with Gasteiger partial charge in [0, 0.05) is 18.7 Å². The van der Waals surface area contributed by atoms with Crippen molar-refractivity contribution in [1.29, 1.82) is 0 Å². The maximum atomic E-state index is 11.5. The molecule has 0 saturated heterocycles. The first-order valence-electron chi connectivity index (χ1n) is 6.38. The molecule has 0 spiro atoms. The lowest BCUT2D eigenvalue weighted by molar-refractivity contribution is -0.384. The minimum Gasteiger partial charge on any atom is -0.484 e. The Morgan fingerprint density at radius 3 is 2.65 bits per heavy atom. The fourth-order valence-electron chi connectivity index (χ4n) is 1.73. The molecule has 2 N–H and O–H groups in total. The van der Waals surface area contributed by atoms with Crippen molar-refractivity contribution >= 4 is 11.6 Å². The van der Waals surface area contributed by atoms with E-state index in [0.29, 0.717) is 11.7 Å². The summed E-state index contributed by atoms with van der Waals surface area (Å²) in [5.41, 5.74) is -0.0330. The molecule has 1 fully saturated rings. The Labute approximate surface area is 115 Å². The molecule has 1 amide bonds. The second-order valence-corrected chi connectivity index (χ2v) is 4.75. The molecule has 7 nitrogen and oxygen atoms in total. The van der Waals surface area contributed by atoms with Gasteiger partial charge in [0.25, 0.3) is 11.6 Å². The van der Waals surface area contributed by atoms with Crippen LogP contribution in [0, 0.1) is 16.0 Å². The average Bonchev–Trinajstić information content (AvgIpc) is 3.27. The molecule has 20 heavy (non-hydrogen) atoms. The van der Waals surface area contributed by atoms with Gasteiger partial charge in [-0.3, -0.25) is 14.9 Å². The number of aliphatic hydroxyl groups is 1. The van der Waals surface area contributed by atoms with Crippen LogP contribution in [0.2, 0.25) is 0 Å². The van der Waals surface area contributed by atoms with E-state index in [-0.39, 0.29) is 24.7 Å². The molecule has 1 unspecified atom stereocenters. The van der Waals surface area contributed by atoms with Crippen molar-refractivity contribution in [3.05, 3.63) is 34.4 Å². The lowest BCUT2D eigenvalue weighted by Crippen LogP contribution is -2.36. The van der Waals surface area contributed by atoms with E-state index in [1.807, 2.05) is 0 Å². The van der Waals surface area contributed by atoms with Crippen molar-refractivity contribution in [2.45, 2.75) is 18.9 Å². The highest BCUT2D eigenvalue weighted by Gasteiger charge is 2.29. The minimum atomic E-state index is -0.504. The number of nitrogens with one attached hydrogen (secondary N) is 1. The van der Waals surface area contributed by atoms with Crippen LogP contribution in [-0.4, -0.2) is 35.2 Å². The number of rotatable bonds is 7. The van der Waals surface area contributed by atoms with Gasteiger partial charge in [-0.25, -0.2) is 0 Å². The molecule has 1 atom stereocenters. The summed E-state index contributed by atoms with van der Waals surface area (Å²) in [7, 11) is 0. The Balaban J connectivity index is 1.70. The summed E-state index contributed by atoms with van der Waals surface area (Å²) in [5.74, 6) is 0.363. The first-order chi connectivity index (χ1) is 9.56. The number of hydrogen-bond donors (Lipinski definition) is 2. The van der Waals surface area contributed by atoms with Crippen molar-refractivity contribution in [1.82, 2.24) is 5.32 Å². The Bertz CT molecular complexity index is 484. The average molecular weight is 280 g/mol. The SMILES string of the molecule is O=C(COc1ccc([N+](=O)[O-])cc1)NCC(O)C1CC1. The van der Waals surface area contributed by atoms with Crippen molar-refractivity contribution in [2.24, 2.45) is 5.92 Å². The largest absolute Gasteiger partial charge is 0.484 e. The zero-order chi connectivity index (χ0) is 14.5. The molecule has 1 aromatic rings. The topological polar surface area (TPSA) is 102 Å². The normalized spacial score (nSPS) is 15.4. The van der Waals surface area contributed by atoms with Gasteiger partial charge in [-0.05, 0) is 30.9 Å². The van der Waals surface area contributed by atoms with Gasteiger partial charge < -0.3 is 15.2 Å². The quantitative estimate of drug-likeness (QED) is 0.569. The molecule has 0 aliphatic heterocycles. The molecule has 0 bridgehead atoms. The van der Waals surface area contributed by atoms with Crippen molar-refractivity contribution in [3.8, 4) is 5.75 Å². The van der Waals surface area contributed by atoms with Crippen molar-refractivity contribution in [3.63, 3.8) is 0 Å². The number of aliphatic hydroxyl groups excluding tert-OH is 1. The van der Waals surface area contributed by atoms with E-state index in [0.717, 1.165) is 12.8 Å². The third-order valence-corrected chi connectivity index (χ3v) is 3.09. The van der Waals surface area contributed by atoms with Crippen LogP contribution < -0.4 is 10.1 Å². The van der Waals surface area contributed by atoms with Crippen molar-refractivity contribution in [2.75, 3.05) is 13.2 Å². The molecule has 0 radical (unpaired) electrons. The zero-order valence-electron chi connectivity index (χ0n) is 10.8. The van der Waals surface area contributed by atoms with Gasteiger partial charge in [0.05, 0.1) is 11.0 Å². The van der Waals surface area contributed by atoms with Crippen LogP contribution in [-0.2, 0) is 4.79 Å². The smallest absolute Gasteiger partial charge is 0.269 e. The number of benzene rings is 1. The second kappa shape index (κ2) is 6.33. The summed E-state index contributed by atoms with van der Waals surface area (Å²) >= 11 is 0. The zero-order valence-corrected chi connectivity index (χ0v) is 10.8. The molecule has 2 rings (SSSR count). The van der Waals surface area contributed by atoms with E-state index in [1.165, 1.54) is 24.3 Å². The number of amides is 1. The van der Waals surface area contributed by atoms with Crippen molar-refractivity contribution < 1.29 is 19.6 Å². The first-order valence-corrected chi connectivity index (χ1v) is 6.38. The van der Waals surface area contributed by atoms with Gasteiger partial charge in [-0.15, -0.1) is 0 Å². The number of nitro benzene ring substituents is 1. The predicted octanol–water partition coefficient (Wildman–Crippen LogP) is 0.861. The Kier molecular flexibility index (Phi) is 4.52. The van der Waals surface area contributed by atoms with E-state index in [1.54, 1.807) is 0 Å². The van der Waals surface area contributed by atoms with Crippen LogP contribution in [0.5, 0.6) is 5.75 Å². The highest BCUT2D eigenvalue weighted by Crippen LogP contribution is 2.32. The van der Waals surface area contributed by atoms with Crippen LogP contribution >= 0.6 is 0 Å². The number of hydrogen-bond acceptors (Lipinski definition) is 5. The number of nitrogens with zero attached hydrogens (tertiary/aromatic N) is 1. The lowest BCUT2D eigenvalue weighted by atomic mass is 10.2. The third kappa shape index (κ3) is 4.20. The Morgan fingerprint density at radius 1 is 1.45 bits per heavy atom. The molecule has 7 heteroatoms. The molecule has 0 heterocycles. The van der Waals surface area contributed by atoms with Gasteiger partial charge >= 0.3 is 0 Å². The summed E-state index contributed by atoms with van der Waals surface area (Å²) < 4.78 is 5.19. The van der Waals surface area contributed by atoms with E-state index in [9.17, 15) is 20.0 Å². The molecule has 0 aromatic heterocycles. The fourth-order valence-corrected chi connectivity index (χ4v) is 1.73. The molecule has 1 aliphatic carbocycles. The van der Waals surface area contributed by atoms with Gasteiger partial charge in [0.1, 0.15) is 5.75 Å². The summed E-state index contributed by atoms with van der Waals surface area (Å²) in [4.78, 5) is 21.4. The highest BCUT2D eigenvalue weighted by molar-refractivity contribution is 5.77. The van der Waals surface area contributed by atoms with Gasteiger partial charge in [-0.2, -0.15) is 0 Å². The Hall–Kier alpha value is -2.15. The van der Waals surface area contributed by atoms with E-state index >= 15 is 0 Å². The molecule has 108 valence electrons. The van der Waals surface area contributed by atoms with Crippen LogP contribution in [0.1, 0.15) is 12.8 Å². The van der Waals surface area contributed by atoms with Crippen LogP contribution in [0.25, 0.3) is 0 Å². The standard InChI is InChI=1S/C13H16N2O5/c16-12(9-1-2-9)7-14-13(17)8-20-11-5-3-10(4-6-11)15(18)19/h3-6,9,12,16H,1-2,7-8H2,(H,14,17). The second-order valence-electron chi connectivity index (χ2n) is 4.75. The number of carbonyl (C=O) groups excluding carboxylic acids is 1. The summed E-state index contributed by atoms with van der Waals surface area (Å²) in [6.45, 7) is 0.0440. The number of nitro groups is 1. The molecular weight excluding hydrogens is 264 g/mol. The van der Waals surface area contributed by atoms with Gasteiger partial charge in [-0.1, -0.05) is 0 Å². The van der Waals surface area contributed by atoms with Gasteiger partial charge in [0.15, 0.2) is 6.61 Å². The molecule has 1 aliphatic rings. The molecular formula is C13H16N2O5. The van der Waals surface area contributed by atoms with Crippen LogP contribution in [0.4, 0.5) is 5.69 Å². The first kappa shape index (κ1) is 14.3. The molecule has 1 aromatic carbocycles. The van der Waals surface area contributed by atoms with Crippen LogP contribution in [0.15, 0.2) is 24.3 Å². The van der Waals surface area contributed by atoms with Gasteiger partial charge in [0.2, 0.25) is 0 Å². The summed E-state index contributed by atoms with van der Waals surface area (Å²) in [6.07, 6.45) is 1.53. The highest BCUT2D eigenvalue weighted by atomic mass is 16.6. The van der Waals surface area contributed by atoms with Crippen LogP contribution in [0.3, 0.4) is 0 Å². The predicted molar refractivity (Wildman–Crippen MR) is 70.3 cm³/mol. The monoisotopic (exact) mass is 280 g/mol. The van der Waals surface area contributed by atoms with E-state index < -0.39 is 11.0 Å². The number of carbonyl (C=O) groups is 1.